The lowest BCUT2D eigenvalue weighted by Gasteiger charge is -1.83. The molecule has 52 valence electrons. The summed E-state index contributed by atoms with van der Waals surface area (Å²) in [4.78, 5) is 0. The van der Waals surface area contributed by atoms with Crippen LogP contribution >= 0.6 is 11.3 Å². The molecule has 0 aliphatic carbocycles. The predicted octanol–water partition coefficient (Wildman–Crippen LogP) is 2.19. The molecule has 3 heteroatoms. The highest BCUT2D eigenvalue weighted by Crippen LogP contribution is 2.21. The van der Waals surface area contributed by atoms with E-state index in [1.54, 1.807) is 11.3 Å². The van der Waals surface area contributed by atoms with Gasteiger partial charge in [-0.1, -0.05) is 6.92 Å². The molecule has 0 bridgehead atoms. The van der Waals surface area contributed by atoms with E-state index in [0.29, 0.717) is 0 Å². The van der Waals surface area contributed by atoms with Crippen molar-refractivity contribution < 1.29 is 0 Å². The molecule has 1 N–H and O–H groups in total. The number of hydrogen-bond acceptors (Lipinski definition) is 2. The van der Waals surface area contributed by atoms with Gasteiger partial charge in [-0.25, -0.2) is 0 Å². The first-order valence-electron chi connectivity index (χ1n) is 3.32. The van der Waals surface area contributed by atoms with Crippen LogP contribution in [-0.2, 0) is 6.42 Å². The molecule has 0 atom stereocenters. The molecule has 2 rings (SSSR count). The van der Waals surface area contributed by atoms with E-state index in [1.807, 2.05) is 6.07 Å². The number of rotatable bonds is 1. The van der Waals surface area contributed by atoms with Crippen LogP contribution in [0.4, 0.5) is 0 Å². The number of fused-ring (bicyclic) bond motifs is 1. The van der Waals surface area contributed by atoms with E-state index in [-0.39, 0.29) is 0 Å². The molecule has 2 aromatic rings. The lowest BCUT2D eigenvalue weighted by Crippen LogP contribution is -1.77. The molecular formula is C7H8N2S. The van der Waals surface area contributed by atoms with E-state index in [4.69, 9.17) is 0 Å². The van der Waals surface area contributed by atoms with Crippen LogP contribution in [0.3, 0.4) is 0 Å². The van der Waals surface area contributed by atoms with Gasteiger partial charge in [0.2, 0.25) is 0 Å². The minimum atomic E-state index is 1.04. The first-order valence-corrected chi connectivity index (χ1v) is 4.20. The van der Waals surface area contributed by atoms with Gasteiger partial charge in [0.1, 0.15) is 5.52 Å². The summed E-state index contributed by atoms with van der Waals surface area (Å²) in [5, 5.41) is 9.21. The van der Waals surface area contributed by atoms with Crippen LogP contribution in [0.2, 0.25) is 0 Å². The van der Waals surface area contributed by atoms with E-state index < -0.39 is 0 Å². The number of nitrogens with zero attached hydrogens (tertiary/aromatic N) is 1. The Balaban J connectivity index is 2.76. The van der Waals surface area contributed by atoms with Gasteiger partial charge in [0, 0.05) is 0 Å². The van der Waals surface area contributed by atoms with Crippen molar-refractivity contribution >= 4 is 21.6 Å². The van der Waals surface area contributed by atoms with Gasteiger partial charge >= 0.3 is 0 Å². The zero-order valence-electron chi connectivity index (χ0n) is 5.72. The molecule has 10 heavy (non-hydrogen) atoms. The van der Waals surface area contributed by atoms with Crippen LogP contribution in [0.25, 0.3) is 10.2 Å². The third-order valence-corrected chi connectivity index (χ3v) is 2.55. The van der Waals surface area contributed by atoms with Crippen molar-refractivity contribution in [2.75, 3.05) is 0 Å². The first kappa shape index (κ1) is 5.92. The number of aromatic nitrogens is 2. The Morgan fingerprint density at radius 2 is 2.60 bits per heavy atom. The second-order valence-electron chi connectivity index (χ2n) is 2.19. The minimum Gasteiger partial charge on any atom is -0.281 e. The second-order valence-corrected chi connectivity index (χ2v) is 3.11. The van der Waals surface area contributed by atoms with Gasteiger partial charge in [0.25, 0.3) is 0 Å². The van der Waals surface area contributed by atoms with Crippen LogP contribution in [0.5, 0.6) is 0 Å². The van der Waals surface area contributed by atoms with Gasteiger partial charge in [-0.05, 0) is 17.9 Å². The maximum Gasteiger partial charge on any atom is 0.103 e. The Labute approximate surface area is 62.9 Å². The van der Waals surface area contributed by atoms with Gasteiger partial charge in [-0.3, -0.25) is 5.10 Å². The smallest absolute Gasteiger partial charge is 0.103 e. The fourth-order valence-electron chi connectivity index (χ4n) is 1.03. The fourth-order valence-corrected chi connectivity index (χ4v) is 1.93. The molecule has 0 radical (unpaired) electrons. The van der Waals surface area contributed by atoms with Crippen molar-refractivity contribution in [3.63, 3.8) is 0 Å². The van der Waals surface area contributed by atoms with E-state index in [9.17, 15) is 0 Å². The summed E-state index contributed by atoms with van der Waals surface area (Å²) in [6.07, 6.45) is 1.04. The number of aromatic amines is 1. The Kier molecular flexibility index (Phi) is 1.24. The van der Waals surface area contributed by atoms with Crippen LogP contribution in [0, 0.1) is 0 Å². The van der Waals surface area contributed by atoms with Crippen LogP contribution in [-0.4, -0.2) is 10.2 Å². The molecule has 0 aliphatic heterocycles. The third-order valence-electron chi connectivity index (χ3n) is 1.58. The van der Waals surface area contributed by atoms with Crippen LogP contribution in [0.15, 0.2) is 11.4 Å². The first-order chi connectivity index (χ1) is 4.92. The summed E-state index contributed by atoms with van der Waals surface area (Å²) in [6, 6.07) is 2.04. The molecule has 2 heterocycles. The minimum absolute atomic E-state index is 1.04. The molecule has 0 fully saturated rings. The van der Waals surface area contributed by atoms with Crippen molar-refractivity contribution in [2.24, 2.45) is 0 Å². The molecule has 2 nitrogen and oxygen atoms in total. The molecule has 0 amide bonds. The van der Waals surface area contributed by atoms with Gasteiger partial charge in [-0.2, -0.15) is 5.10 Å². The lowest BCUT2D eigenvalue weighted by atomic mass is 10.3. The molecule has 0 aliphatic rings. The zero-order valence-corrected chi connectivity index (χ0v) is 6.53. The second kappa shape index (κ2) is 2.09. The fraction of sp³-hybridized carbons (Fsp3) is 0.286. The van der Waals surface area contributed by atoms with Crippen molar-refractivity contribution in [1.29, 1.82) is 0 Å². The molecular weight excluding hydrogens is 144 g/mol. The number of nitrogens with one attached hydrogen (secondary N) is 1. The summed E-state index contributed by atoms with van der Waals surface area (Å²) in [5.74, 6) is 0. The number of thiophene rings is 1. The van der Waals surface area contributed by atoms with Crippen LogP contribution < -0.4 is 0 Å². The van der Waals surface area contributed by atoms with E-state index >= 15 is 0 Å². The maximum atomic E-state index is 4.13. The highest BCUT2D eigenvalue weighted by molar-refractivity contribution is 7.17. The number of H-pyrrole nitrogens is 1. The predicted molar refractivity (Wildman–Crippen MR) is 43.3 cm³/mol. The highest BCUT2D eigenvalue weighted by Gasteiger charge is 2.02. The Hall–Kier alpha value is -0.830. The highest BCUT2D eigenvalue weighted by atomic mass is 32.1. The topological polar surface area (TPSA) is 28.7 Å². The Morgan fingerprint density at radius 1 is 1.70 bits per heavy atom. The number of hydrogen-bond donors (Lipinski definition) is 1. The summed E-state index contributed by atoms with van der Waals surface area (Å²) in [6.45, 7) is 2.13. The van der Waals surface area contributed by atoms with Crippen molar-refractivity contribution in [3.05, 3.63) is 17.1 Å². The van der Waals surface area contributed by atoms with E-state index in [2.05, 4.69) is 22.5 Å². The van der Waals surface area contributed by atoms with Crippen molar-refractivity contribution in [3.8, 4) is 0 Å². The van der Waals surface area contributed by atoms with Gasteiger partial charge in [0.05, 0.1) is 10.4 Å². The SMILES string of the molecule is CCc1[nH]nc2ccsc12. The average molecular weight is 152 g/mol. The van der Waals surface area contributed by atoms with Gasteiger partial charge in [0.15, 0.2) is 0 Å². The summed E-state index contributed by atoms with van der Waals surface area (Å²) < 4.78 is 1.31. The summed E-state index contributed by atoms with van der Waals surface area (Å²) in [5.41, 5.74) is 2.35. The molecule has 0 unspecified atom stereocenters. The summed E-state index contributed by atoms with van der Waals surface area (Å²) in [7, 11) is 0. The molecule has 0 spiro atoms. The van der Waals surface area contributed by atoms with E-state index in [0.717, 1.165) is 11.9 Å². The van der Waals surface area contributed by atoms with E-state index in [1.165, 1.54) is 10.4 Å². The van der Waals surface area contributed by atoms with Crippen molar-refractivity contribution in [2.45, 2.75) is 13.3 Å². The molecule has 0 saturated heterocycles. The Morgan fingerprint density at radius 3 is 3.40 bits per heavy atom. The van der Waals surface area contributed by atoms with Gasteiger partial charge in [-0.15, -0.1) is 11.3 Å². The van der Waals surface area contributed by atoms with Crippen LogP contribution in [0.1, 0.15) is 12.6 Å². The van der Waals surface area contributed by atoms with Gasteiger partial charge < -0.3 is 0 Å². The Bertz CT molecular complexity index is 334. The number of aryl methyl sites for hydroxylation is 1. The standard InChI is InChI=1S/C7H8N2S/c1-2-5-7-6(9-8-5)3-4-10-7/h3-4H,2H2,1H3,(H,8,9). The molecule has 0 saturated carbocycles. The van der Waals surface area contributed by atoms with Crippen molar-refractivity contribution in [1.82, 2.24) is 10.2 Å². The normalized spacial score (nSPS) is 10.9. The quantitative estimate of drug-likeness (QED) is 0.666. The largest absolute Gasteiger partial charge is 0.281 e. The molecule has 2 aromatic heterocycles. The monoisotopic (exact) mass is 152 g/mol. The average Bonchev–Trinajstić information content (AvgIpc) is 2.44. The zero-order chi connectivity index (χ0) is 6.97. The lowest BCUT2D eigenvalue weighted by molar-refractivity contribution is 0.989. The maximum absolute atomic E-state index is 4.13. The third kappa shape index (κ3) is 0.671. The summed E-state index contributed by atoms with van der Waals surface area (Å²) >= 11 is 1.75. The molecule has 0 aromatic carbocycles.